The van der Waals surface area contributed by atoms with Crippen LogP contribution in [0.4, 0.5) is 10.1 Å². The van der Waals surface area contributed by atoms with Crippen LogP contribution in [-0.2, 0) is 0 Å². The molecule has 2 nitrogen and oxygen atoms in total. The Morgan fingerprint density at radius 2 is 2.06 bits per heavy atom. The van der Waals surface area contributed by atoms with Gasteiger partial charge in [0.25, 0.3) is 0 Å². The molecule has 1 fully saturated rings. The minimum atomic E-state index is -0.208. The summed E-state index contributed by atoms with van der Waals surface area (Å²) in [6.45, 7) is 0.796. The highest BCUT2D eigenvalue weighted by atomic mass is 19.1. The van der Waals surface area contributed by atoms with Crippen LogP contribution >= 0.6 is 0 Å². The summed E-state index contributed by atoms with van der Waals surface area (Å²) >= 11 is 0. The second-order valence-electron chi connectivity index (χ2n) is 5.33. The number of anilines is 1. The van der Waals surface area contributed by atoms with Crippen LogP contribution < -0.4 is 4.90 Å². The minimum Gasteiger partial charge on any atom is -0.393 e. The van der Waals surface area contributed by atoms with E-state index >= 15 is 0 Å². The number of aliphatic hydroxyl groups is 1. The molecule has 1 aliphatic carbocycles. The van der Waals surface area contributed by atoms with Crippen molar-refractivity contribution in [2.75, 3.05) is 18.5 Å². The smallest absolute Gasteiger partial charge is 0.125 e. The largest absolute Gasteiger partial charge is 0.393 e. The number of rotatable bonds is 3. The predicted molar refractivity (Wildman–Crippen MR) is 72.3 cm³/mol. The molecular formula is C15H22FNO. The van der Waals surface area contributed by atoms with Crippen LogP contribution in [0.25, 0.3) is 0 Å². The Kier molecular flexibility index (Phi) is 4.59. The van der Waals surface area contributed by atoms with Crippen molar-refractivity contribution in [3.63, 3.8) is 0 Å². The van der Waals surface area contributed by atoms with Gasteiger partial charge in [-0.15, -0.1) is 0 Å². The van der Waals surface area contributed by atoms with Crippen molar-refractivity contribution in [3.8, 4) is 0 Å². The van der Waals surface area contributed by atoms with Crippen molar-refractivity contribution in [1.82, 2.24) is 0 Å². The van der Waals surface area contributed by atoms with Gasteiger partial charge in [0, 0.05) is 25.2 Å². The molecule has 18 heavy (non-hydrogen) atoms. The molecule has 2 atom stereocenters. The van der Waals surface area contributed by atoms with Gasteiger partial charge in [-0.3, -0.25) is 0 Å². The van der Waals surface area contributed by atoms with Crippen molar-refractivity contribution in [2.45, 2.75) is 38.2 Å². The normalized spacial score (nSPS) is 24.6. The van der Waals surface area contributed by atoms with Crippen molar-refractivity contribution in [2.24, 2.45) is 5.92 Å². The summed E-state index contributed by atoms with van der Waals surface area (Å²) in [7, 11) is 1.96. The van der Waals surface area contributed by atoms with Gasteiger partial charge in [0.05, 0.1) is 6.10 Å². The number of nitrogens with zero attached hydrogens (tertiary/aromatic N) is 1. The molecule has 2 unspecified atom stereocenters. The highest BCUT2D eigenvalue weighted by Gasteiger charge is 2.23. The van der Waals surface area contributed by atoms with Gasteiger partial charge in [-0.25, -0.2) is 4.39 Å². The van der Waals surface area contributed by atoms with Crippen LogP contribution in [0, 0.1) is 11.7 Å². The number of benzene rings is 1. The second kappa shape index (κ2) is 6.19. The van der Waals surface area contributed by atoms with E-state index in [4.69, 9.17) is 0 Å². The lowest BCUT2D eigenvalue weighted by molar-refractivity contribution is 0.104. The van der Waals surface area contributed by atoms with E-state index in [0.29, 0.717) is 5.92 Å². The van der Waals surface area contributed by atoms with Gasteiger partial charge in [0.2, 0.25) is 0 Å². The summed E-state index contributed by atoms with van der Waals surface area (Å²) in [5, 5.41) is 10.1. The summed E-state index contributed by atoms with van der Waals surface area (Å²) in [5.74, 6) is 0.0986. The molecule has 100 valence electrons. The van der Waals surface area contributed by atoms with Gasteiger partial charge in [0.15, 0.2) is 0 Å². The summed E-state index contributed by atoms with van der Waals surface area (Å²) in [4.78, 5) is 2.04. The fourth-order valence-corrected chi connectivity index (χ4v) is 2.75. The fraction of sp³-hybridized carbons (Fsp3) is 0.600. The van der Waals surface area contributed by atoms with E-state index in [0.717, 1.165) is 31.5 Å². The lowest BCUT2D eigenvalue weighted by atomic mass is 9.96. The average Bonchev–Trinajstić information content (AvgIpc) is 2.55. The monoisotopic (exact) mass is 251 g/mol. The van der Waals surface area contributed by atoms with Crippen molar-refractivity contribution >= 4 is 5.69 Å². The molecule has 1 aromatic rings. The standard InChI is InChI=1S/C15H22FNO/c1-17(14-8-5-7-13(16)10-14)11-12-6-3-2-4-9-15(12)18/h5,7-8,10,12,15,18H,2-4,6,9,11H2,1H3. The van der Waals surface area contributed by atoms with Crippen LogP contribution in [0.15, 0.2) is 24.3 Å². The van der Waals surface area contributed by atoms with Gasteiger partial charge in [-0.1, -0.05) is 25.3 Å². The van der Waals surface area contributed by atoms with Gasteiger partial charge in [-0.2, -0.15) is 0 Å². The zero-order chi connectivity index (χ0) is 13.0. The molecule has 1 N–H and O–H groups in total. The van der Waals surface area contributed by atoms with E-state index < -0.39 is 0 Å². The first-order valence-electron chi connectivity index (χ1n) is 6.81. The van der Waals surface area contributed by atoms with E-state index in [1.165, 1.54) is 18.9 Å². The van der Waals surface area contributed by atoms with Crippen molar-refractivity contribution in [3.05, 3.63) is 30.1 Å². The first-order valence-corrected chi connectivity index (χ1v) is 6.81. The maximum atomic E-state index is 13.2. The Bertz CT molecular complexity index is 383. The number of hydrogen-bond acceptors (Lipinski definition) is 2. The maximum Gasteiger partial charge on any atom is 0.125 e. The zero-order valence-corrected chi connectivity index (χ0v) is 11.0. The summed E-state index contributed by atoms with van der Waals surface area (Å²) in [5.41, 5.74) is 0.881. The zero-order valence-electron chi connectivity index (χ0n) is 11.0. The first-order chi connectivity index (χ1) is 8.66. The maximum absolute atomic E-state index is 13.2. The van der Waals surface area contributed by atoms with E-state index in [1.54, 1.807) is 12.1 Å². The van der Waals surface area contributed by atoms with E-state index in [1.807, 2.05) is 18.0 Å². The third kappa shape index (κ3) is 3.45. The first kappa shape index (κ1) is 13.3. The third-order valence-corrected chi connectivity index (χ3v) is 3.88. The van der Waals surface area contributed by atoms with E-state index in [2.05, 4.69) is 0 Å². The molecule has 1 aliphatic rings. The quantitative estimate of drug-likeness (QED) is 0.834. The Morgan fingerprint density at radius 1 is 1.28 bits per heavy atom. The Balaban J connectivity index is 1.99. The topological polar surface area (TPSA) is 23.5 Å². The van der Waals surface area contributed by atoms with Gasteiger partial charge in [-0.05, 0) is 31.0 Å². The lowest BCUT2D eigenvalue weighted by Crippen LogP contribution is -2.32. The molecule has 0 aromatic heterocycles. The Morgan fingerprint density at radius 3 is 2.83 bits per heavy atom. The molecule has 0 spiro atoms. The molecule has 1 saturated carbocycles. The van der Waals surface area contributed by atoms with Crippen molar-refractivity contribution < 1.29 is 9.50 Å². The summed E-state index contributed by atoms with van der Waals surface area (Å²) in [6.07, 6.45) is 5.31. The molecule has 0 bridgehead atoms. The molecule has 1 aromatic carbocycles. The third-order valence-electron chi connectivity index (χ3n) is 3.88. The molecule has 2 rings (SSSR count). The molecule has 0 aliphatic heterocycles. The summed E-state index contributed by atoms with van der Waals surface area (Å²) in [6, 6.07) is 6.64. The fourth-order valence-electron chi connectivity index (χ4n) is 2.75. The minimum absolute atomic E-state index is 0.205. The Labute approximate surface area is 108 Å². The van der Waals surface area contributed by atoms with Crippen LogP contribution in [-0.4, -0.2) is 24.8 Å². The number of aliphatic hydroxyl groups excluding tert-OH is 1. The lowest BCUT2D eigenvalue weighted by Gasteiger charge is -2.28. The second-order valence-corrected chi connectivity index (χ2v) is 5.33. The van der Waals surface area contributed by atoms with Crippen LogP contribution in [0.2, 0.25) is 0 Å². The van der Waals surface area contributed by atoms with E-state index in [9.17, 15) is 9.50 Å². The molecule has 0 amide bonds. The predicted octanol–water partition coefficient (Wildman–Crippen LogP) is 3.20. The van der Waals surface area contributed by atoms with Crippen LogP contribution in [0.3, 0.4) is 0 Å². The van der Waals surface area contributed by atoms with E-state index in [-0.39, 0.29) is 11.9 Å². The van der Waals surface area contributed by atoms with Gasteiger partial charge >= 0.3 is 0 Å². The van der Waals surface area contributed by atoms with Gasteiger partial charge < -0.3 is 10.0 Å². The molecule has 0 saturated heterocycles. The molecule has 3 heteroatoms. The van der Waals surface area contributed by atoms with Crippen molar-refractivity contribution in [1.29, 1.82) is 0 Å². The average molecular weight is 251 g/mol. The Hall–Kier alpha value is -1.09. The van der Waals surface area contributed by atoms with Crippen LogP contribution in [0.1, 0.15) is 32.1 Å². The van der Waals surface area contributed by atoms with Gasteiger partial charge in [0.1, 0.15) is 5.82 Å². The number of halogens is 1. The number of hydrogen-bond donors (Lipinski definition) is 1. The molecule has 0 radical (unpaired) electrons. The molecule has 0 heterocycles. The SMILES string of the molecule is CN(CC1CCCCCC1O)c1cccc(F)c1. The molecular weight excluding hydrogens is 229 g/mol. The highest BCUT2D eigenvalue weighted by molar-refractivity contribution is 5.45. The summed E-state index contributed by atoms with van der Waals surface area (Å²) < 4.78 is 13.2. The van der Waals surface area contributed by atoms with Crippen LogP contribution in [0.5, 0.6) is 0 Å². The highest BCUT2D eigenvalue weighted by Crippen LogP contribution is 2.25.